The third-order valence-corrected chi connectivity index (χ3v) is 4.05. The third kappa shape index (κ3) is 2.97. The molecule has 0 bridgehead atoms. The van der Waals surface area contributed by atoms with Gasteiger partial charge in [-0.25, -0.2) is 13.6 Å². The van der Waals surface area contributed by atoms with Gasteiger partial charge in [-0.05, 0) is 30.7 Å². The number of benzene rings is 1. The Bertz CT molecular complexity index is 697. The average molecular weight is 308 g/mol. The largest absolute Gasteiger partial charge is 0.465 e. The topological polar surface area (TPSA) is 45.3 Å². The van der Waals surface area contributed by atoms with Crippen molar-refractivity contribution in [2.24, 2.45) is 0 Å². The smallest absolute Gasteiger partial charge is 0.337 e. The van der Waals surface area contributed by atoms with Crippen LogP contribution in [-0.4, -0.2) is 42.0 Å². The first kappa shape index (κ1) is 15.0. The highest BCUT2D eigenvalue weighted by molar-refractivity contribution is 5.95. The van der Waals surface area contributed by atoms with Gasteiger partial charge in [0, 0.05) is 30.1 Å². The van der Waals surface area contributed by atoms with Crippen molar-refractivity contribution in [3.8, 4) is 0 Å². The number of nitrogens with one attached hydrogen (secondary N) is 1. The van der Waals surface area contributed by atoms with Crippen LogP contribution in [0.3, 0.4) is 0 Å². The molecule has 2 heterocycles. The molecule has 1 aromatic carbocycles. The zero-order valence-corrected chi connectivity index (χ0v) is 12.4. The number of methoxy groups -OCH3 is 1. The number of aromatic amines is 1. The molecule has 118 valence electrons. The molecule has 0 amide bonds. The number of likely N-dealkylation sites (tertiary alicyclic amines) is 1. The number of hydrogen-bond donors (Lipinski definition) is 1. The quantitative estimate of drug-likeness (QED) is 0.886. The summed E-state index contributed by atoms with van der Waals surface area (Å²) in [6, 6.07) is 5.24. The minimum atomic E-state index is -2.59. The maximum atomic E-state index is 13.5. The number of rotatable bonds is 3. The van der Waals surface area contributed by atoms with Crippen molar-refractivity contribution >= 4 is 16.9 Å². The Balaban J connectivity index is 1.81. The molecule has 1 N–H and O–H groups in total. The first-order chi connectivity index (χ1) is 10.5. The molecule has 1 fully saturated rings. The molecule has 0 atom stereocenters. The van der Waals surface area contributed by atoms with Crippen LogP contribution >= 0.6 is 0 Å². The summed E-state index contributed by atoms with van der Waals surface area (Å²) in [6.45, 7) is 0.968. The lowest BCUT2D eigenvalue weighted by Crippen LogP contribution is -2.41. The predicted octanol–water partition coefficient (Wildman–Crippen LogP) is 3.19. The lowest BCUT2D eigenvalue weighted by molar-refractivity contribution is -0.0660. The molecule has 0 spiro atoms. The highest BCUT2D eigenvalue weighted by Gasteiger charge is 2.35. The van der Waals surface area contributed by atoms with Crippen LogP contribution in [0.15, 0.2) is 24.4 Å². The minimum Gasteiger partial charge on any atom is -0.465 e. The molecule has 0 aliphatic carbocycles. The maximum absolute atomic E-state index is 13.5. The molecule has 1 saturated heterocycles. The van der Waals surface area contributed by atoms with Crippen molar-refractivity contribution in [1.29, 1.82) is 0 Å². The third-order valence-electron chi connectivity index (χ3n) is 4.05. The first-order valence-electron chi connectivity index (χ1n) is 7.27. The Labute approximate surface area is 127 Å². The summed E-state index contributed by atoms with van der Waals surface area (Å²) in [6.07, 6.45) is 2.31. The number of aromatic nitrogens is 1. The summed E-state index contributed by atoms with van der Waals surface area (Å²) in [5, 5.41) is 0.946. The van der Waals surface area contributed by atoms with Gasteiger partial charge in [0.1, 0.15) is 0 Å². The summed E-state index contributed by atoms with van der Waals surface area (Å²) in [7, 11) is 1.34. The van der Waals surface area contributed by atoms with Crippen molar-refractivity contribution in [2.45, 2.75) is 25.3 Å². The Morgan fingerprint density at radius 3 is 3.00 bits per heavy atom. The lowest BCUT2D eigenvalue weighted by atomic mass is 10.1. The van der Waals surface area contributed by atoms with E-state index in [2.05, 4.69) is 4.98 Å². The zero-order valence-electron chi connectivity index (χ0n) is 12.4. The number of alkyl halides is 2. The van der Waals surface area contributed by atoms with Gasteiger partial charge in [0.05, 0.1) is 19.2 Å². The number of halogens is 2. The van der Waals surface area contributed by atoms with Gasteiger partial charge in [-0.15, -0.1) is 0 Å². The molecule has 1 aromatic heterocycles. The van der Waals surface area contributed by atoms with E-state index in [0.29, 0.717) is 25.1 Å². The summed E-state index contributed by atoms with van der Waals surface area (Å²) in [4.78, 5) is 16.4. The highest BCUT2D eigenvalue weighted by Crippen LogP contribution is 2.29. The number of hydrogen-bond acceptors (Lipinski definition) is 3. The van der Waals surface area contributed by atoms with E-state index in [9.17, 15) is 13.6 Å². The Morgan fingerprint density at radius 2 is 2.27 bits per heavy atom. The van der Waals surface area contributed by atoms with E-state index in [1.54, 1.807) is 17.0 Å². The molecule has 6 heteroatoms. The van der Waals surface area contributed by atoms with E-state index in [0.717, 1.165) is 16.5 Å². The van der Waals surface area contributed by atoms with Gasteiger partial charge < -0.3 is 9.72 Å². The SMILES string of the molecule is COC(=O)c1ccc2c(CN3CCCC(F)(F)C3)c[nH]c2c1. The number of carbonyl (C=O) groups excluding carboxylic acids is 1. The van der Waals surface area contributed by atoms with E-state index >= 15 is 0 Å². The normalized spacial score (nSPS) is 18.5. The van der Waals surface area contributed by atoms with Crippen LogP contribution in [0, 0.1) is 0 Å². The molecule has 0 unspecified atom stereocenters. The molecule has 4 nitrogen and oxygen atoms in total. The second-order valence-electron chi connectivity index (χ2n) is 5.74. The van der Waals surface area contributed by atoms with Crippen molar-refractivity contribution in [3.05, 3.63) is 35.5 Å². The monoisotopic (exact) mass is 308 g/mol. The Morgan fingerprint density at radius 1 is 1.45 bits per heavy atom. The fourth-order valence-electron chi connectivity index (χ4n) is 2.98. The van der Waals surface area contributed by atoms with Gasteiger partial charge in [-0.1, -0.05) is 6.07 Å². The first-order valence-corrected chi connectivity index (χ1v) is 7.27. The van der Waals surface area contributed by atoms with Crippen LogP contribution in [0.2, 0.25) is 0 Å². The average Bonchev–Trinajstić information content (AvgIpc) is 2.87. The molecular formula is C16H18F2N2O2. The molecule has 0 saturated carbocycles. The molecule has 3 rings (SSSR count). The van der Waals surface area contributed by atoms with Crippen LogP contribution in [0.25, 0.3) is 10.9 Å². The Hall–Kier alpha value is -1.95. The molecule has 2 aromatic rings. The highest BCUT2D eigenvalue weighted by atomic mass is 19.3. The van der Waals surface area contributed by atoms with Crippen LogP contribution in [-0.2, 0) is 11.3 Å². The van der Waals surface area contributed by atoms with Gasteiger partial charge >= 0.3 is 5.97 Å². The van der Waals surface area contributed by atoms with Crippen molar-refractivity contribution in [2.75, 3.05) is 20.2 Å². The number of carbonyl (C=O) groups is 1. The van der Waals surface area contributed by atoms with Crippen molar-refractivity contribution in [3.63, 3.8) is 0 Å². The van der Waals surface area contributed by atoms with E-state index in [4.69, 9.17) is 4.74 Å². The van der Waals surface area contributed by atoms with Gasteiger partial charge in [-0.3, -0.25) is 4.90 Å². The fraction of sp³-hybridized carbons (Fsp3) is 0.438. The standard InChI is InChI=1S/C16H18F2N2O2/c1-22-15(21)11-3-4-13-12(8-19-14(13)7-11)9-20-6-2-5-16(17,18)10-20/h3-4,7-8,19H,2,5-6,9-10H2,1H3. The van der Waals surface area contributed by atoms with Crippen LogP contribution in [0.5, 0.6) is 0 Å². The van der Waals surface area contributed by atoms with Crippen molar-refractivity contribution < 1.29 is 18.3 Å². The van der Waals surface area contributed by atoms with Gasteiger partial charge in [-0.2, -0.15) is 0 Å². The van der Waals surface area contributed by atoms with Crippen LogP contribution in [0.4, 0.5) is 8.78 Å². The second kappa shape index (κ2) is 5.68. The molecule has 1 aliphatic rings. The van der Waals surface area contributed by atoms with Crippen molar-refractivity contribution in [1.82, 2.24) is 9.88 Å². The minimum absolute atomic E-state index is 0.0279. The molecule has 1 aliphatic heterocycles. The molecule has 0 radical (unpaired) electrons. The van der Waals surface area contributed by atoms with E-state index in [-0.39, 0.29) is 13.0 Å². The number of H-pyrrole nitrogens is 1. The fourth-order valence-corrected chi connectivity index (χ4v) is 2.98. The van der Waals surface area contributed by atoms with Crippen LogP contribution < -0.4 is 0 Å². The van der Waals surface area contributed by atoms with Gasteiger partial charge in [0.25, 0.3) is 5.92 Å². The number of esters is 1. The number of piperidine rings is 1. The second-order valence-corrected chi connectivity index (χ2v) is 5.74. The zero-order chi connectivity index (χ0) is 15.7. The van der Waals surface area contributed by atoms with E-state index in [1.165, 1.54) is 7.11 Å². The summed E-state index contributed by atoms with van der Waals surface area (Å²) in [5.74, 6) is -2.99. The number of nitrogens with zero attached hydrogens (tertiary/aromatic N) is 1. The molecular weight excluding hydrogens is 290 g/mol. The van der Waals surface area contributed by atoms with E-state index in [1.807, 2.05) is 12.3 Å². The maximum Gasteiger partial charge on any atom is 0.337 e. The van der Waals surface area contributed by atoms with E-state index < -0.39 is 11.9 Å². The van der Waals surface area contributed by atoms with Crippen LogP contribution in [0.1, 0.15) is 28.8 Å². The number of ether oxygens (including phenoxy) is 1. The Kier molecular flexibility index (Phi) is 3.87. The summed E-state index contributed by atoms with van der Waals surface area (Å²) in [5.41, 5.74) is 2.23. The van der Waals surface area contributed by atoms with Gasteiger partial charge in [0.2, 0.25) is 0 Å². The van der Waals surface area contributed by atoms with Gasteiger partial charge in [0.15, 0.2) is 0 Å². The summed E-state index contributed by atoms with van der Waals surface area (Å²) < 4.78 is 31.6. The summed E-state index contributed by atoms with van der Waals surface area (Å²) >= 11 is 0. The lowest BCUT2D eigenvalue weighted by Gasteiger charge is -2.32. The number of fused-ring (bicyclic) bond motifs is 1. The molecule has 22 heavy (non-hydrogen) atoms. The predicted molar refractivity (Wildman–Crippen MR) is 79.1 cm³/mol.